The third-order valence-electron chi connectivity index (χ3n) is 1.84. The molecule has 0 saturated heterocycles. The summed E-state index contributed by atoms with van der Waals surface area (Å²) in [5.74, 6) is 0. The highest BCUT2D eigenvalue weighted by Gasteiger charge is 2.16. The van der Waals surface area contributed by atoms with E-state index in [-0.39, 0.29) is 5.69 Å². The number of nitro groups is 1. The molecule has 2 heterocycles. The first-order valence-electron chi connectivity index (χ1n) is 3.69. The minimum atomic E-state index is -0.452. The van der Waals surface area contributed by atoms with Crippen LogP contribution in [0.15, 0.2) is 29.0 Å². The Morgan fingerprint density at radius 2 is 2.29 bits per heavy atom. The third kappa shape index (κ3) is 1.38. The molecule has 2 aromatic heterocycles. The Labute approximate surface area is 92.4 Å². The number of nitrogens with zero attached hydrogens (tertiary/aromatic N) is 2. The van der Waals surface area contributed by atoms with Gasteiger partial charge in [-0.05, 0) is 22.0 Å². The fourth-order valence-electron chi connectivity index (χ4n) is 1.29. The standard InChI is InChI=1S/C8H4BrClN2O2/c9-5-3-7(12(13)14)8-6(10)1-2-11(8)4-5/h1-4H. The van der Waals surface area contributed by atoms with Crippen molar-refractivity contribution < 1.29 is 4.92 Å². The number of aromatic nitrogens is 1. The van der Waals surface area contributed by atoms with E-state index < -0.39 is 4.92 Å². The van der Waals surface area contributed by atoms with Crippen molar-refractivity contribution in [2.45, 2.75) is 0 Å². The molecule has 0 N–H and O–H groups in total. The highest BCUT2D eigenvalue weighted by Crippen LogP contribution is 2.30. The molecular weight excluding hydrogens is 271 g/mol. The number of halogens is 2. The molecular formula is C8H4BrClN2O2. The molecule has 2 rings (SSSR count). The largest absolute Gasteiger partial charge is 0.316 e. The Kier molecular flexibility index (Phi) is 2.20. The van der Waals surface area contributed by atoms with Gasteiger partial charge in [-0.15, -0.1) is 0 Å². The smallest absolute Gasteiger partial charge is 0.295 e. The van der Waals surface area contributed by atoms with Crippen LogP contribution in [0.3, 0.4) is 0 Å². The van der Waals surface area contributed by atoms with Crippen molar-refractivity contribution in [1.82, 2.24) is 4.40 Å². The number of fused-ring (bicyclic) bond motifs is 1. The maximum atomic E-state index is 10.7. The summed E-state index contributed by atoms with van der Waals surface area (Å²) in [5, 5.41) is 11.1. The van der Waals surface area contributed by atoms with E-state index >= 15 is 0 Å². The lowest BCUT2D eigenvalue weighted by Crippen LogP contribution is -1.93. The van der Waals surface area contributed by atoms with E-state index in [4.69, 9.17) is 11.6 Å². The fourth-order valence-corrected chi connectivity index (χ4v) is 1.98. The summed E-state index contributed by atoms with van der Waals surface area (Å²) >= 11 is 9.03. The Hall–Kier alpha value is -1.07. The van der Waals surface area contributed by atoms with Gasteiger partial charge in [0.1, 0.15) is 5.52 Å². The Bertz CT molecular complexity index is 523. The van der Waals surface area contributed by atoms with Gasteiger partial charge >= 0.3 is 0 Å². The molecule has 72 valence electrons. The summed E-state index contributed by atoms with van der Waals surface area (Å²) in [6, 6.07) is 3.05. The molecule has 0 aromatic carbocycles. The van der Waals surface area contributed by atoms with Crippen LogP contribution in [0.1, 0.15) is 0 Å². The topological polar surface area (TPSA) is 47.5 Å². The molecule has 0 aliphatic rings. The maximum Gasteiger partial charge on any atom is 0.295 e. The number of rotatable bonds is 1. The molecule has 0 spiro atoms. The van der Waals surface area contributed by atoms with Crippen molar-refractivity contribution in [3.63, 3.8) is 0 Å². The average Bonchev–Trinajstić information content (AvgIpc) is 2.46. The zero-order valence-corrected chi connectivity index (χ0v) is 9.12. The Balaban J connectivity index is 2.90. The molecule has 6 heteroatoms. The lowest BCUT2D eigenvalue weighted by atomic mass is 10.3. The second-order valence-corrected chi connectivity index (χ2v) is 4.04. The quantitative estimate of drug-likeness (QED) is 0.592. The molecule has 0 saturated carbocycles. The molecule has 14 heavy (non-hydrogen) atoms. The van der Waals surface area contributed by atoms with E-state index in [0.29, 0.717) is 15.0 Å². The summed E-state index contributed by atoms with van der Waals surface area (Å²) in [6.45, 7) is 0. The van der Waals surface area contributed by atoms with Gasteiger partial charge in [-0.3, -0.25) is 10.1 Å². The SMILES string of the molecule is O=[N+]([O-])c1cc(Br)cn2ccc(Cl)c12. The molecule has 0 unspecified atom stereocenters. The number of hydrogen-bond acceptors (Lipinski definition) is 2. The van der Waals surface area contributed by atoms with Crippen LogP contribution in [0.2, 0.25) is 5.02 Å². The highest BCUT2D eigenvalue weighted by molar-refractivity contribution is 9.10. The Morgan fingerprint density at radius 1 is 1.57 bits per heavy atom. The normalized spacial score (nSPS) is 10.7. The molecule has 0 bridgehead atoms. The summed E-state index contributed by atoms with van der Waals surface area (Å²) in [6.07, 6.45) is 3.39. The van der Waals surface area contributed by atoms with Crippen molar-refractivity contribution in [2.24, 2.45) is 0 Å². The minimum Gasteiger partial charge on any atom is -0.316 e. The van der Waals surface area contributed by atoms with Crippen LogP contribution < -0.4 is 0 Å². The van der Waals surface area contributed by atoms with Gasteiger partial charge in [-0.1, -0.05) is 11.6 Å². The van der Waals surface area contributed by atoms with Crippen molar-refractivity contribution in [3.05, 3.63) is 44.1 Å². The van der Waals surface area contributed by atoms with E-state index in [9.17, 15) is 10.1 Å². The summed E-state index contributed by atoms with van der Waals surface area (Å²) in [4.78, 5) is 10.3. The summed E-state index contributed by atoms with van der Waals surface area (Å²) < 4.78 is 2.26. The van der Waals surface area contributed by atoms with Gasteiger partial charge in [0.15, 0.2) is 0 Å². The van der Waals surface area contributed by atoms with Gasteiger partial charge in [0, 0.05) is 22.9 Å². The van der Waals surface area contributed by atoms with Gasteiger partial charge < -0.3 is 4.40 Å². The predicted octanol–water partition coefficient (Wildman–Crippen LogP) is 3.26. The summed E-state index contributed by atoms with van der Waals surface area (Å²) in [7, 11) is 0. The summed E-state index contributed by atoms with van der Waals surface area (Å²) in [5.41, 5.74) is 0.411. The van der Waals surface area contributed by atoms with Gasteiger partial charge in [0.2, 0.25) is 0 Å². The molecule has 0 aliphatic heterocycles. The molecule has 2 aromatic rings. The third-order valence-corrected chi connectivity index (χ3v) is 2.58. The van der Waals surface area contributed by atoms with Crippen LogP contribution in [-0.2, 0) is 0 Å². The van der Waals surface area contributed by atoms with E-state index in [1.165, 1.54) is 6.07 Å². The molecule has 0 radical (unpaired) electrons. The highest BCUT2D eigenvalue weighted by atomic mass is 79.9. The predicted molar refractivity (Wildman–Crippen MR) is 56.8 cm³/mol. The average molecular weight is 275 g/mol. The fraction of sp³-hybridized carbons (Fsp3) is 0. The number of hydrogen-bond donors (Lipinski definition) is 0. The second kappa shape index (κ2) is 3.25. The van der Waals surface area contributed by atoms with Crippen molar-refractivity contribution >= 4 is 38.7 Å². The molecule has 0 aliphatic carbocycles. The van der Waals surface area contributed by atoms with Crippen LogP contribution in [0.25, 0.3) is 5.52 Å². The van der Waals surface area contributed by atoms with E-state index in [0.717, 1.165) is 0 Å². The van der Waals surface area contributed by atoms with Crippen LogP contribution in [0.5, 0.6) is 0 Å². The second-order valence-electron chi connectivity index (χ2n) is 2.72. The first-order valence-corrected chi connectivity index (χ1v) is 4.87. The minimum absolute atomic E-state index is 0.00521. The monoisotopic (exact) mass is 274 g/mol. The van der Waals surface area contributed by atoms with E-state index in [1.54, 1.807) is 22.9 Å². The van der Waals surface area contributed by atoms with Crippen LogP contribution in [0.4, 0.5) is 5.69 Å². The van der Waals surface area contributed by atoms with E-state index in [2.05, 4.69) is 15.9 Å². The molecule has 0 fully saturated rings. The lowest BCUT2D eigenvalue weighted by molar-refractivity contribution is -0.383. The van der Waals surface area contributed by atoms with E-state index in [1.807, 2.05) is 0 Å². The first-order chi connectivity index (χ1) is 6.59. The van der Waals surface area contributed by atoms with Gasteiger partial charge in [-0.25, -0.2) is 0 Å². The van der Waals surface area contributed by atoms with Crippen LogP contribution in [-0.4, -0.2) is 9.32 Å². The van der Waals surface area contributed by atoms with Crippen LogP contribution >= 0.6 is 27.5 Å². The first kappa shape index (κ1) is 9.48. The Morgan fingerprint density at radius 3 is 2.93 bits per heavy atom. The zero-order chi connectivity index (χ0) is 10.3. The van der Waals surface area contributed by atoms with Crippen molar-refractivity contribution in [3.8, 4) is 0 Å². The lowest BCUT2D eigenvalue weighted by Gasteiger charge is -1.98. The number of pyridine rings is 1. The molecule has 0 amide bonds. The van der Waals surface area contributed by atoms with Crippen LogP contribution in [0, 0.1) is 10.1 Å². The molecule has 4 nitrogen and oxygen atoms in total. The molecule has 0 atom stereocenters. The maximum absolute atomic E-state index is 10.7. The van der Waals surface area contributed by atoms with Crippen molar-refractivity contribution in [2.75, 3.05) is 0 Å². The van der Waals surface area contributed by atoms with Gasteiger partial charge in [-0.2, -0.15) is 0 Å². The van der Waals surface area contributed by atoms with Gasteiger partial charge in [0.25, 0.3) is 5.69 Å². The zero-order valence-electron chi connectivity index (χ0n) is 6.78. The van der Waals surface area contributed by atoms with Gasteiger partial charge in [0.05, 0.1) is 9.95 Å². The van der Waals surface area contributed by atoms with Crippen molar-refractivity contribution in [1.29, 1.82) is 0 Å².